The van der Waals surface area contributed by atoms with Gasteiger partial charge in [0.25, 0.3) is 11.7 Å². The van der Waals surface area contributed by atoms with E-state index in [2.05, 4.69) is 0 Å². The summed E-state index contributed by atoms with van der Waals surface area (Å²) in [4.78, 5) is 27.5. The minimum Gasteiger partial charge on any atom is -0.507 e. The number of halogens is 2. The Morgan fingerprint density at radius 2 is 1.88 bits per heavy atom. The molecule has 1 aliphatic rings. The standard InChI is InChI=1S/C24H19Cl2NO5/c1-13-6-9-19(32-13)21-20(22(28)15-7-8-17(25)18(26)11-15)23(29)24(30)27(21)12-14-4-3-5-16(10-14)31-2/h3-11,21,28H,12H2,1-2H3/b22-20-. The number of hydrogen-bond acceptors (Lipinski definition) is 5. The van der Waals surface area contributed by atoms with E-state index < -0.39 is 17.7 Å². The number of amides is 1. The van der Waals surface area contributed by atoms with Crippen LogP contribution in [0.15, 0.2) is 64.6 Å². The SMILES string of the molecule is COc1cccc(CN2C(=O)C(=O)/C(=C(\O)c3ccc(Cl)c(Cl)c3)C2c2ccc(C)o2)c1. The van der Waals surface area contributed by atoms with Crippen molar-refractivity contribution in [3.63, 3.8) is 0 Å². The van der Waals surface area contributed by atoms with Crippen molar-refractivity contribution in [1.82, 2.24) is 4.90 Å². The molecule has 0 radical (unpaired) electrons. The molecule has 1 aromatic heterocycles. The molecule has 0 bridgehead atoms. The Labute approximate surface area is 194 Å². The molecule has 32 heavy (non-hydrogen) atoms. The molecule has 4 rings (SSSR count). The molecule has 1 fully saturated rings. The van der Waals surface area contributed by atoms with Gasteiger partial charge in [-0.2, -0.15) is 0 Å². The van der Waals surface area contributed by atoms with Gasteiger partial charge in [0, 0.05) is 12.1 Å². The van der Waals surface area contributed by atoms with Crippen LogP contribution in [0, 0.1) is 6.92 Å². The lowest BCUT2D eigenvalue weighted by molar-refractivity contribution is -0.140. The van der Waals surface area contributed by atoms with Crippen LogP contribution in [0.5, 0.6) is 5.75 Å². The van der Waals surface area contributed by atoms with Crippen LogP contribution in [-0.2, 0) is 16.1 Å². The average Bonchev–Trinajstić information content (AvgIpc) is 3.31. The number of carbonyl (C=O) groups excluding carboxylic acids is 2. The number of ketones is 1. The molecule has 1 amide bonds. The molecule has 8 heteroatoms. The number of furan rings is 1. The van der Waals surface area contributed by atoms with Crippen LogP contribution in [0.2, 0.25) is 10.0 Å². The first-order valence-corrected chi connectivity index (χ1v) is 10.5. The van der Waals surface area contributed by atoms with Crippen LogP contribution >= 0.6 is 23.2 Å². The lowest BCUT2D eigenvalue weighted by Gasteiger charge is -2.23. The summed E-state index contributed by atoms with van der Waals surface area (Å²) in [6, 6.07) is 14.2. The monoisotopic (exact) mass is 471 g/mol. The molecule has 1 N–H and O–H groups in total. The van der Waals surface area contributed by atoms with Gasteiger partial charge in [0.15, 0.2) is 0 Å². The Morgan fingerprint density at radius 3 is 2.53 bits per heavy atom. The van der Waals surface area contributed by atoms with Crippen LogP contribution in [-0.4, -0.2) is 28.8 Å². The largest absolute Gasteiger partial charge is 0.507 e. The van der Waals surface area contributed by atoms with E-state index in [-0.39, 0.29) is 28.5 Å². The number of rotatable bonds is 5. The number of aryl methyl sites for hydroxylation is 1. The molecule has 6 nitrogen and oxygen atoms in total. The van der Waals surface area contributed by atoms with Crippen molar-refractivity contribution in [3.05, 3.63) is 92.9 Å². The van der Waals surface area contributed by atoms with E-state index in [9.17, 15) is 14.7 Å². The topological polar surface area (TPSA) is 80.0 Å². The number of nitrogens with zero attached hydrogens (tertiary/aromatic N) is 1. The highest BCUT2D eigenvalue weighted by atomic mass is 35.5. The Bertz CT molecular complexity index is 1250. The normalized spacial score (nSPS) is 17.8. The van der Waals surface area contributed by atoms with Gasteiger partial charge >= 0.3 is 0 Å². The number of hydrogen-bond donors (Lipinski definition) is 1. The molecular formula is C24H19Cl2NO5. The number of likely N-dealkylation sites (tertiary alicyclic amines) is 1. The van der Waals surface area contributed by atoms with Gasteiger partial charge in [-0.15, -0.1) is 0 Å². The van der Waals surface area contributed by atoms with E-state index in [1.165, 1.54) is 23.1 Å². The number of Topliss-reactive ketones (excluding diaryl/α,β-unsaturated/α-hetero) is 1. The lowest BCUT2D eigenvalue weighted by Crippen LogP contribution is -2.29. The summed E-state index contributed by atoms with van der Waals surface area (Å²) in [5.74, 6) is -0.300. The minimum absolute atomic E-state index is 0.0781. The fourth-order valence-corrected chi connectivity index (χ4v) is 4.00. The van der Waals surface area contributed by atoms with E-state index in [1.807, 2.05) is 6.07 Å². The van der Waals surface area contributed by atoms with Crippen molar-refractivity contribution in [3.8, 4) is 5.75 Å². The predicted octanol–water partition coefficient (Wildman–Crippen LogP) is 5.53. The average molecular weight is 472 g/mol. The van der Waals surface area contributed by atoms with Gasteiger partial charge < -0.3 is 19.2 Å². The first-order valence-electron chi connectivity index (χ1n) is 9.73. The molecule has 164 valence electrons. The highest BCUT2D eigenvalue weighted by Gasteiger charge is 2.47. The fraction of sp³-hybridized carbons (Fsp3) is 0.167. The highest BCUT2D eigenvalue weighted by molar-refractivity contribution is 6.46. The van der Waals surface area contributed by atoms with Crippen LogP contribution in [0.25, 0.3) is 5.76 Å². The molecular weight excluding hydrogens is 453 g/mol. The molecule has 1 atom stereocenters. The smallest absolute Gasteiger partial charge is 0.296 e. The summed E-state index contributed by atoms with van der Waals surface area (Å²) < 4.78 is 11.0. The molecule has 2 aromatic carbocycles. The summed E-state index contributed by atoms with van der Waals surface area (Å²) in [6.07, 6.45) is 0. The number of ether oxygens (including phenoxy) is 1. The van der Waals surface area contributed by atoms with Crippen molar-refractivity contribution >= 4 is 40.7 Å². The van der Waals surface area contributed by atoms with Crippen LogP contribution in [0.1, 0.15) is 28.7 Å². The summed E-state index contributed by atoms with van der Waals surface area (Å²) in [5.41, 5.74) is 0.951. The maximum atomic E-state index is 13.1. The molecule has 0 aliphatic carbocycles. The van der Waals surface area contributed by atoms with Crippen molar-refractivity contribution in [2.24, 2.45) is 0 Å². The number of aliphatic hydroxyl groups excluding tert-OH is 1. The van der Waals surface area contributed by atoms with Crippen molar-refractivity contribution in [2.75, 3.05) is 7.11 Å². The Balaban J connectivity index is 1.84. The second-order valence-electron chi connectivity index (χ2n) is 7.36. The van der Waals surface area contributed by atoms with Crippen LogP contribution in [0.4, 0.5) is 0 Å². The van der Waals surface area contributed by atoms with Gasteiger partial charge in [0.05, 0.1) is 22.7 Å². The summed E-state index contributed by atoms with van der Waals surface area (Å²) >= 11 is 12.1. The van der Waals surface area contributed by atoms with Gasteiger partial charge in [-0.3, -0.25) is 9.59 Å². The second-order valence-corrected chi connectivity index (χ2v) is 8.17. The summed E-state index contributed by atoms with van der Waals surface area (Å²) in [5, 5.41) is 11.6. The number of benzene rings is 2. The summed E-state index contributed by atoms with van der Waals surface area (Å²) in [6.45, 7) is 1.88. The Kier molecular flexibility index (Phi) is 6.00. The first kappa shape index (κ1) is 22.0. The van der Waals surface area contributed by atoms with Gasteiger partial charge in [-0.05, 0) is 55.0 Å². The zero-order valence-corrected chi connectivity index (χ0v) is 18.8. The van der Waals surface area contributed by atoms with Gasteiger partial charge in [-0.25, -0.2) is 0 Å². The molecule has 1 unspecified atom stereocenters. The van der Waals surface area contributed by atoms with Crippen LogP contribution in [0.3, 0.4) is 0 Å². The van der Waals surface area contributed by atoms with Crippen molar-refractivity contribution in [1.29, 1.82) is 0 Å². The Morgan fingerprint density at radius 1 is 1.09 bits per heavy atom. The first-order chi connectivity index (χ1) is 15.3. The number of carbonyl (C=O) groups is 2. The number of aliphatic hydroxyl groups is 1. The Hall–Kier alpha value is -3.22. The third-order valence-electron chi connectivity index (χ3n) is 5.25. The van der Waals surface area contributed by atoms with E-state index in [0.717, 1.165) is 5.56 Å². The fourth-order valence-electron chi connectivity index (χ4n) is 3.71. The van der Waals surface area contributed by atoms with E-state index in [1.54, 1.807) is 44.4 Å². The van der Waals surface area contributed by atoms with E-state index in [4.69, 9.17) is 32.4 Å². The van der Waals surface area contributed by atoms with Crippen LogP contribution < -0.4 is 4.74 Å². The zero-order chi connectivity index (χ0) is 23.0. The third-order valence-corrected chi connectivity index (χ3v) is 5.99. The van der Waals surface area contributed by atoms with Gasteiger partial charge in [0.2, 0.25) is 0 Å². The quantitative estimate of drug-likeness (QED) is 0.300. The lowest BCUT2D eigenvalue weighted by atomic mass is 9.99. The van der Waals surface area contributed by atoms with Crippen molar-refractivity contribution in [2.45, 2.75) is 19.5 Å². The van der Waals surface area contributed by atoms with Gasteiger partial charge in [-0.1, -0.05) is 35.3 Å². The number of methoxy groups -OCH3 is 1. The maximum Gasteiger partial charge on any atom is 0.296 e. The van der Waals surface area contributed by atoms with E-state index >= 15 is 0 Å². The minimum atomic E-state index is -0.913. The molecule has 1 aliphatic heterocycles. The summed E-state index contributed by atoms with van der Waals surface area (Å²) in [7, 11) is 1.55. The molecule has 3 aromatic rings. The molecule has 0 saturated carbocycles. The van der Waals surface area contributed by atoms with Crippen molar-refractivity contribution < 1.29 is 23.8 Å². The highest BCUT2D eigenvalue weighted by Crippen LogP contribution is 2.41. The molecule has 2 heterocycles. The van der Waals surface area contributed by atoms with E-state index in [0.29, 0.717) is 22.3 Å². The molecule has 1 saturated heterocycles. The zero-order valence-electron chi connectivity index (χ0n) is 17.3. The molecule has 0 spiro atoms. The third kappa shape index (κ3) is 3.99. The second kappa shape index (κ2) is 8.73. The maximum absolute atomic E-state index is 13.1. The van der Waals surface area contributed by atoms with Gasteiger partial charge in [0.1, 0.15) is 29.1 Å². The predicted molar refractivity (Wildman–Crippen MR) is 121 cm³/mol.